The van der Waals surface area contributed by atoms with E-state index in [0.717, 1.165) is 23.5 Å². The highest BCUT2D eigenvalue weighted by molar-refractivity contribution is 7.21. The highest BCUT2D eigenvalue weighted by Gasteiger charge is 2.30. The predicted molar refractivity (Wildman–Crippen MR) is 84.0 cm³/mol. The maximum Gasteiger partial charge on any atom is 0.416 e. The molecule has 122 valence electrons. The van der Waals surface area contributed by atoms with Crippen LogP contribution in [-0.2, 0) is 6.18 Å². The third-order valence-corrected chi connectivity index (χ3v) is 4.50. The van der Waals surface area contributed by atoms with Crippen molar-refractivity contribution in [2.75, 3.05) is 0 Å². The Kier molecular flexibility index (Phi) is 3.84. The number of carbonyl (C=O) groups excluding carboxylic acids is 2. The van der Waals surface area contributed by atoms with E-state index in [9.17, 15) is 22.8 Å². The highest BCUT2D eigenvalue weighted by Crippen LogP contribution is 2.37. The number of aromatic nitrogens is 1. The summed E-state index contributed by atoms with van der Waals surface area (Å²) in [6.07, 6.45) is -2.58. The van der Waals surface area contributed by atoms with Crippen LogP contribution < -0.4 is 5.73 Å². The summed E-state index contributed by atoms with van der Waals surface area (Å²) in [6, 6.07) is 6.28. The maximum absolute atomic E-state index is 12.9. The lowest BCUT2D eigenvalue weighted by molar-refractivity contribution is -0.137. The highest BCUT2D eigenvalue weighted by atomic mass is 32.1. The molecular formula is C16H9F3N2O2S. The van der Waals surface area contributed by atoms with Gasteiger partial charge in [0.2, 0.25) is 0 Å². The number of nitrogens with two attached hydrogens (primary N) is 1. The van der Waals surface area contributed by atoms with Gasteiger partial charge in [-0.3, -0.25) is 9.59 Å². The number of carbonyl (C=O) groups is 2. The molecule has 1 amide bonds. The second-order valence-corrected chi connectivity index (χ2v) is 6.06. The molecule has 2 aromatic heterocycles. The van der Waals surface area contributed by atoms with E-state index in [1.807, 2.05) is 0 Å². The summed E-state index contributed by atoms with van der Waals surface area (Å²) >= 11 is 1.02. The molecule has 0 aliphatic heterocycles. The van der Waals surface area contributed by atoms with Gasteiger partial charge in [0.1, 0.15) is 5.69 Å². The summed E-state index contributed by atoms with van der Waals surface area (Å²) in [4.78, 5) is 26.8. The lowest BCUT2D eigenvalue weighted by Gasteiger charge is -2.10. The largest absolute Gasteiger partial charge is 0.416 e. The predicted octanol–water partition coefficient (Wildman–Crippen LogP) is 3.89. The number of nitrogens with zero attached hydrogens (tertiary/aromatic N) is 1. The minimum Gasteiger partial charge on any atom is -0.364 e. The Morgan fingerprint density at radius 3 is 2.62 bits per heavy atom. The number of rotatable bonds is 3. The zero-order valence-electron chi connectivity index (χ0n) is 11.9. The lowest BCUT2D eigenvalue weighted by atomic mass is 10.0. The number of benzene rings is 1. The van der Waals surface area contributed by atoms with E-state index in [-0.39, 0.29) is 11.3 Å². The van der Waals surface area contributed by atoms with Gasteiger partial charge in [-0.05, 0) is 23.8 Å². The van der Waals surface area contributed by atoms with Crippen molar-refractivity contribution in [1.82, 2.24) is 4.98 Å². The molecule has 0 atom stereocenters. The van der Waals surface area contributed by atoms with Gasteiger partial charge in [-0.15, -0.1) is 11.3 Å². The smallest absolute Gasteiger partial charge is 0.364 e. The van der Waals surface area contributed by atoms with Gasteiger partial charge in [0.25, 0.3) is 5.91 Å². The van der Waals surface area contributed by atoms with Gasteiger partial charge >= 0.3 is 6.18 Å². The molecule has 0 unspecified atom stereocenters. The van der Waals surface area contributed by atoms with Crippen LogP contribution >= 0.6 is 11.3 Å². The Hall–Kier alpha value is -2.74. The van der Waals surface area contributed by atoms with Crippen molar-refractivity contribution in [2.24, 2.45) is 5.73 Å². The Morgan fingerprint density at radius 2 is 2.00 bits per heavy atom. The number of alkyl halides is 3. The molecule has 0 aliphatic carbocycles. The molecule has 3 aromatic rings. The molecule has 4 nitrogen and oxygen atoms in total. The number of halogens is 3. The molecule has 2 heterocycles. The van der Waals surface area contributed by atoms with Crippen LogP contribution in [-0.4, -0.2) is 17.2 Å². The minimum atomic E-state index is -4.47. The number of primary amides is 1. The van der Waals surface area contributed by atoms with Crippen LogP contribution in [0.4, 0.5) is 13.2 Å². The first-order valence-corrected chi connectivity index (χ1v) is 7.48. The Morgan fingerprint density at radius 1 is 1.25 bits per heavy atom. The zero-order valence-corrected chi connectivity index (χ0v) is 12.7. The average molecular weight is 350 g/mol. The number of hydrogen-bond donors (Lipinski definition) is 1. The Balaban J connectivity index is 2.28. The van der Waals surface area contributed by atoms with Crippen molar-refractivity contribution in [1.29, 1.82) is 0 Å². The summed E-state index contributed by atoms with van der Waals surface area (Å²) in [5, 5.41) is 0.463. The van der Waals surface area contributed by atoms with Crippen molar-refractivity contribution in [2.45, 2.75) is 6.18 Å². The van der Waals surface area contributed by atoms with Gasteiger partial charge in [-0.2, -0.15) is 13.2 Å². The van der Waals surface area contributed by atoms with E-state index in [1.54, 1.807) is 0 Å². The molecular weight excluding hydrogens is 341 g/mol. The topological polar surface area (TPSA) is 73.1 Å². The number of amides is 1. The molecule has 0 fully saturated rings. The molecule has 1 aromatic carbocycles. The first-order valence-electron chi connectivity index (χ1n) is 6.66. The van der Waals surface area contributed by atoms with E-state index in [1.165, 1.54) is 24.4 Å². The second-order valence-electron chi connectivity index (χ2n) is 4.97. The fourth-order valence-electron chi connectivity index (χ4n) is 2.37. The van der Waals surface area contributed by atoms with E-state index in [2.05, 4.69) is 4.98 Å². The van der Waals surface area contributed by atoms with Crippen molar-refractivity contribution >= 4 is 33.6 Å². The van der Waals surface area contributed by atoms with E-state index in [0.29, 0.717) is 26.8 Å². The van der Waals surface area contributed by atoms with E-state index in [4.69, 9.17) is 5.73 Å². The maximum atomic E-state index is 12.9. The van der Waals surface area contributed by atoms with E-state index >= 15 is 0 Å². The first-order chi connectivity index (χ1) is 11.3. The molecule has 0 radical (unpaired) electrons. The fraction of sp³-hybridized carbons (Fsp3) is 0.0625. The fourth-order valence-corrected chi connectivity index (χ4v) is 3.36. The van der Waals surface area contributed by atoms with Crippen LogP contribution in [0.1, 0.15) is 25.7 Å². The SMILES string of the molecule is NC(=O)c1ncc(-c2cccc(C(F)(F)F)c2)c2cc(C=O)sc12. The molecule has 2 N–H and O–H groups in total. The molecule has 0 saturated heterocycles. The zero-order chi connectivity index (χ0) is 17.5. The summed E-state index contributed by atoms with van der Waals surface area (Å²) in [5.74, 6) is -0.769. The normalized spacial score (nSPS) is 11.6. The van der Waals surface area contributed by atoms with Crippen LogP contribution in [0.25, 0.3) is 21.2 Å². The van der Waals surface area contributed by atoms with Crippen LogP contribution in [0.5, 0.6) is 0 Å². The van der Waals surface area contributed by atoms with Crippen molar-refractivity contribution in [3.63, 3.8) is 0 Å². The van der Waals surface area contributed by atoms with Crippen molar-refractivity contribution < 1.29 is 22.8 Å². The molecule has 24 heavy (non-hydrogen) atoms. The van der Waals surface area contributed by atoms with Crippen molar-refractivity contribution in [3.8, 4) is 11.1 Å². The number of hydrogen-bond acceptors (Lipinski definition) is 4. The Bertz CT molecular complexity index is 964. The van der Waals surface area contributed by atoms with Gasteiger partial charge < -0.3 is 5.73 Å². The summed E-state index contributed by atoms with van der Waals surface area (Å²) in [6.45, 7) is 0. The molecule has 0 saturated carbocycles. The van der Waals surface area contributed by atoms with Gasteiger partial charge in [-0.25, -0.2) is 4.98 Å². The minimum absolute atomic E-state index is 0.0150. The quantitative estimate of drug-likeness (QED) is 0.728. The molecule has 8 heteroatoms. The summed E-state index contributed by atoms with van der Waals surface area (Å²) in [5.41, 5.74) is 5.14. The van der Waals surface area contributed by atoms with E-state index < -0.39 is 17.6 Å². The molecule has 0 spiro atoms. The number of thiophene rings is 1. The summed E-state index contributed by atoms with van der Waals surface area (Å²) < 4.78 is 39.1. The van der Waals surface area contributed by atoms with Crippen LogP contribution in [0.2, 0.25) is 0 Å². The van der Waals surface area contributed by atoms with Gasteiger partial charge in [0.05, 0.1) is 15.1 Å². The third-order valence-electron chi connectivity index (χ3n) is 3.43. The van der Waals surface area contributed by atoms with Crippen LogP contribution in [0.15, 0.2) is 36.5 Å². The standard InChI is InChI=1S/C16H9F3N2O2S/c17-16(18,19)9-3-1-2-8(4-9)12-6-21-13(15(20)23)14-11(12)5-10(7-22)24-14/h1-7H,(H2,20,23). The van der Waals surface area contributed by atoms with Crippen LogP contribution in [0.3, 0.4) is 0 Å². The van der Waals surface area contributed by atoms with Gasteiger partial charge in [0, 0.05) is 17.1 Å². The number of fused-ring (bicyclic) bond motifs is 1. The number of aldehydes is 1. The Labute approximate surface area is 137 Å². The molecule has 0 aliphatic rings. The lowest BCUT2D eigenvalue weighted by Crippen LogP contribution is -2.13. The van der Waals surface area contributed by atoms with Crippen LogP contribution in [0, 0.1) is 0 Å². The summed E-state index contributed by atoms with van der Waals surface area (Å²) in [7, 11) is 0. The monoisotopic (exact) mass is 350 g/mol. The van der Waals surface area contributed by atoms with Gasteiger partial charge in [-0.1, -0.05) is 12.1 Å². The average Bonchev–Trinajstić information content (AvgIpc) is 2.97. The molecule has 3 rings (SSSR count). The second kappa shape index (κ2) is 5.72. The number of pyridine rings is 1. The van der Waals surface area contributed by atoms with Gasteiger partial charge in [0.15, 0.2) is 6.29 Å². The van der Waals surface area contributed by atoms with Crippen molar-refractivity contribution in [3.05, 3.63) is 52.7 Å². The first kappa shape index (κ1) is 16.1. The molecule has 0 bridgehead atoms. The third kappa shape index (κ3) is 2.76.